The zero-order chi connectivity index (χ0) is 24.9. The number of nitrogens with zero attached hydrogens (tertiary/aromatic N) is 5. The van der Waals surface area contributed by atoms with Crippen LogP contribution in [0.5, 0.6) is 5.75 Å². The van der Waals surface area contributed by atoms with E-state index in [0.29, 0.717) is 17.2 Å². The van der Waals surface area contributed by atoms with Gasteiger partial charge in [-0.05, 0) is 43.5 Å². The predicted molar refractivity (Wildman–Crippen MR) is 138 cm³/mol. The molecule has 1 saturated heterocycles. The van der Waals surface area contributed by atoms with Gasteiger partial charge in [-0.25, -0.2) is 14.6 Å². The molecule has 5 rings (SSSR count). The Bertz CT molecular complexity index is 1330. The molecule has 1 amide bonds. The molecule has 0 unspecified atom stereocenters. The maximum Gasteiger partial charge on any atom is 0.254 e. The van der Waals surface area contributed by atoms with Crippen molar-refractivity contribution in [2.24, 2.45) is 0 Å². The van der Waals surface area contributed by atoms with E-state index in [0.717, 1.165) is 49.5 Å². The topological polar surface area (TPSA) is 85.2 Å². The Balaban J connectivity index is 1.23. The molecule has 2 aromatic carbocycles. The van der Waals surface area contributed by atoms with Crippen molar-refractivity contribution in [1.29, 1.82) is 0 Å². The van der Waals surface area contributed by atoms with Gasteiger partial charge in [0, 0.05) is 37.4 Å². The Morgan fingerprint density at radius 2 is 1.89 bits per heavy atom. The molecule has 4 aromatic rings. The van der Waals surface area contributed by atoms with Gasteiger partial charge in [0.15, 0.2) is 0 Å². The molecule has 1 N–H and O–H groups in total. The van der Waals surface area contributed by atoms with Crippen LogP contribution < -0.4 is 10.1 Å². The van der Waals surface area contributed by atoms with Gasteiger partial charge in [0.2, 0.25) is 0 Å². The van der Waals surface area contributed by atoms with Crippen molar-refractivity contribution in [3.63, 3.8) is 0 Å². The van der Waals surface area contributed by atoms with Crippen molar-refractivity contribution in [3.8, 4) is 23.0 Å². The first-order valence-corrected chi connectivity index (χ1v) is 12.2. The highest BCUT2D eigenvalue weighted by Crippen LogP contribution is 2.23. The third-order valence-electron chi connectivity index (χ3n) is 6.62. The number of likely N-dealkylation sites (tertiary alicyclic amines) is 1. The number of aromatic nitrogens is 4. The minimum Gasteiger partial charge on any atom is -0.497 e. The maximum atomic E-state index is 13.1. The third-order valence-corrected chi connectivity index (χ3v) is 6.62. The second-order valence-electron chi connectivity index (χ2n) is 9.04. The highest BCUT2D eigenvalue weighted by atomic mass is 16.5. The Labute approximate surface area is 211 Å². The van der Waals surface area contributed by atoms with Crippen LogP contribution in [0.2, 0.25) is 0 Å². The van der Waals surface area contributed by atoms with Crippen molar-refractivity contribution >= 4 is 5.91 Å². The molecule has 1 aliphatic rings. The number of hydrogen-bond acceptors (Lipinski definition) is 6. The minimum absolute atomic E-state index is 0.107. The molecule has 3 heterocycles. The summed E-state index contributed by atoms with van der Waals surface area (Å²) >= 11 is 0. The smallest absolute Gasteiger partial charge is 0.254 e. The van der Waals surface area contributed by atoms with Gasteiger partial charge in [-0.1, -0.05) is 42.5 Å². The highest BCUT2D eigenvalue weighted by molar-refractivity contribution is 5.95. The van der Waals surface area contributed by atoms with Crippen molar-refractivity contribution < 1.29 is 9.53 Å². The molecule has 2 aromatic heterocycles. The second-order valence-corrected chi connectivity index (χ2v) is 9.04. The molecule has 8 heteroatoms. The fourth-order valence-corrected chi connectivity index (χ4v) is 4.57. The minimum atomic E-state index is -0.107. The van der Waals surface area contributed by atoms with E-state index in [1.807, 2.05) is 43.3 Å². The van der Waals surface area contributed by atoms with Gasteiger partial charge in [-0.3, -0.25) is 9.69 Å². The number of benzene rings is 2. The van der Waals surface area contributed by atoms with Crippen LogP contribution in [0.3, 0.4) is 0 Å². The number of hydrogen-bond donors (Lipinski definition) is 1. The van der Waals surface area contributed by atoms with Crippen molar-refractivity contribution in [2.45, 2.75) is 32.4 Å². The van der Waals surface area contributed by atoms with Gasteiger partial charge < -0.3 is 10.1 Å². The molecule has 1 fully saturated rings. The van der Waals surface area contributed by atoms with Crippen LogP contribution in [0, 0.1) is 6.92 Å². The molecule has 36 heavy (non-hydrogen) atoms. The molecular weight excluding hydrogens is 452 g/mol. The summed E-state index contributed by atoms with van der Waals surface area (Å²) in [5.41, 5.74) is 4.23. The van der Waals surface area contributed by atoms with Crippen molar-refractivity contribution in [1.82, 2.24) is 30.0 Å². The van der Waals surface area contributed by atoms with E-state index < -0.39 is 0 Å². The number of carbonyl (C=O) groups is 1. The number of rotatable bonds is 7. The molecule has 0 atom stereocenters. The standard InChI is InChI=1S/C28H30N6O2/c1-20-25(27(35)31-23-12-15-33(16-13-23)19-21-7-4-3-5-8-21)18-30-34(20)28-29-14-11-26(32-28)22-9-6-10-24(17-22)36-2/h3-11,14,17-18,23H,12-13,15-16,19H2,1-2H3,(H,31,35). The largest absolute Gasteiger partial charge is 0.497 e. The van der Waals surface area contributed by atoms with E-state index in [9.17, 15) is 4.79 Å². The molecule has 184 valence electrons. The van der Waals surface area contributed by atoms with Crippen LogP contribution in [0.1, 0.15) is 34.5 Å². The zero-order valence-corrected chi connectivity index (χ0v) is 20.6. The Hall–Kier alpha value is -4.04. The van der Waals surface area contributed by atoms with Gasteiger partial charge in [-0.15, -0.1) is 0 Å². The predicted octanol–water partition coefficient (Wildman–Crippen LogP) is 4.04. The Kier molecular flexibility index (Phi) is 7.04. The quantitative estimate of drug-likeness (QED) is 0.428. The Morgan fingerprint density at radius 3 is 2.67 bits per heavy atom. The van der Waals surface area contributed by atoms with Crippen LogP contribution in [0.4, 0.5) is 0 Å². The van der Waals surface area contributed by atoms with E-state index in [2.05, 4.69) is 49.5 Å². The normalized spacial score (nSPS) is 14.5. The summed E-state index contributed by atoms with van der Waals surface area (Å²) in [5, 5.41) is 7.63. The van der Waals surface area contributed by atoms with Gasteiger partial charge in [-0.2, -0.15) is 5.10 Å². The lowest BCUT2D eigenvalue weighted by Crippen LogP contribution is -2.44. The first-order chi connectivity index (χ1) is 17.6. The lowest BCUT2D eigenvalue weighted by atomic mass is 10.0. The molecule has 0 aliphatic carbocycles. The summed E-state index contributed by atoms with van der Waals surface area (Å²) in [7, 11) is 1.64. The second kappa shape index (κ2) is 10.7. The molecule has 8 nitrogen and oxygen atoms in total. The summed E-state index contributed by atoms with van der Waals surface area (Å²) in [4.78, 5) is 24.6. The lowest BCUT2D eigenvalue weighted by molar-refractivity contribution is 0.0908. The van der Waals surface area contributed by atoms with Crippen molar-refractivity contribution in [2.75, 3.05) is 20.2 Å². The van der Waals surface area contributed by atoms with Crippen LogP contribution in [0.15, 0.2) is 73.1 Å². The number of ether oxygens (including phenoxy) is 1. The number of nitrogens with one attached hydrogen (secondary N) is 1. The number of piperidine rings is 1. The number of amides is 1. The van der Waals surface area contributed by atoms with E-state index in [4.69, 9.17) is 4.74 Å². The van der Waals surface area contributed by atoms with Crippen LogP contribution >= 0.6 is 0 Å². The molecule has 0 bridgehead atoms. The van der Waals surface area contributed by atoms with Crippen molar-refractivity contribution in [3.05, 3.63) is 89.9 Å². The Morgan fingerprint density at radius 1 is 1.08 bits per heavy atom. The molecule has 0 saturated carbocycles. The fraction of sp³-hybridized carbons (Fsp3) is 0.286. The van der Waals surface area contributed by atoms with Gasteiger partial charge in [0.25, 0.3) is 11.9 Å². The first kappa shape index (κ1) is 23.7. The summed E-state index contributed by atoms with van der Waals surface area (Å²) < 4.78 is 6.94. The van der Waals surface area contributed by atoms with E-state index in [1.165, 1.54) is 5.56 Å². The highest BCUT2D eigenvalue weighted by Gasteiger charge is 2.23. The van der Waals surface area contributed by atoms with E-state index in [1.54, 1.807) is 24.2 Å². The van der Waals surface area contributed by atoms with Crippen LogP contribution in [-0.2, 0) is 6.54 Å². The SMILES string of the molecule is COc1cccc(-c2ccnc(-n3ncc(C(=O)NC4CCN(Cc5ccccc5)CC4)c3C)n2)c1. The van der Waals surface area contributed by atoms with Gasteiger partial charge >= 0.3 is 0 Å². The van der Waals surface area contributed by atoms with E-state index >= 15 is 0 Å². The average Bonchev–Trinajstić information content (AvgIpc) is 3.32. The molecule has 0 radical (unpaired) electrons. The lowest BCUT2D eigenvalue weighted by Gasteiger charge is -2.32. The zero-order valence-electron chi connectivity index (χ0n) is 20.6. The number of carbonyl (C=O) groups excluding carboxylic acids is 1. The average molecular weight is 483 g/mol. The molecule has 0 spiro atoms. The molecular formula is C28H30N6O2. The maximum absolute atomic E-state index is 13.1. The van der Waals surface area contributed by atoms with Crippen LogP contribution in [0.25, 0.3) is 17.2 Å². The molecule has 1 aliphatic heterocycles. The monoisotopic (exact) mass is 482 g/mol. The van der Waals surface area contributed by atoms with Gasteiger partial charge in [0.1, 0.15) is 5.75 Å². The van der Waals surface area contributed by atoms with Gasteiger partial charge in [0.05, 0.1) is 30.3 Å². The third kappa shape index (κ3) is 5.28. The summed E-state index contributed by atoms with van der Waals surface area (Å²) in [6, 6.07) is 20.2. The summed E-state index contributed by atoms with van der Waals surface area (Å²) in [6.07, 6.45) is 5.15. The first-order valence-electron chi connectivity index (χ1n) is 12.2. The summed E-state index contributed by atoms with van der Waals surface area (Å²) in [6.45, 7) is 4.74. The number of methoxy groups -OCH3 is 1. The van der Waals surface area contributed by atoms with Crippen LogP contribution in [-0.4, -0.2) is 56.8 Å². The fourth-order valence-electron chi connectivity index (χ4n) is 4.57. The summed E-state index contributed by atoms with van der Waals surface area (Å²) in [5.74, 6) is 1.07. The van der Waals surface area contributed by atoms with E-state index in [-0.39, 0.29) is 11.9 Å².